The topological polar surface area (TPSA) is 21.3 Å². The first-order chi connectivity index (χ1) is 13.7. The summed E-state index contributed by atoms with van der Waals surface area (Å²) in [5, 5.41) is 3.68. The lowest BCUT2D eigenvalue weighted by molar-refractivity contribution is 0.301. The van der Waals surface area contributed by atoms with Crippen LogP contribution in [0.1, 0.15) is 42.5 Å². The second-order valence-corrected chi connectivity index (χ2v) is 7.72. The van der Waals surface area contributed by atoms with Crippen molar-refractivity contribution in [3.05, 3.63) is 99.8 Å². The molecule has 0 aromatic heterocycles. The third-order valence-corrected chi connectivity index (χ3v) is 5.14. The summed E-state index contributed by atoms with van der Waals surface area (Å²) >= 11 is 3.56. The molecule has 4 heteroatoms. The Bertz CT molecular complexity index is 868. The van der Waals surface area contributed by atoms with Gasteiger partial charge in [-0.1, -0.05) is 71.7 Å². The van der Waals surface area contributed by atoms with Crippen molar-refractivity contribution in [2.45, 2.75) is 39.0 Å². The summed E-state index contributed by atoms with van der Waals surface area (Å²) in [7, 11) is 0. The fourth-order valence-electron chi connectivity index (χ4n) is 3.16. The molecule has 1 unspecified atom stereocenters. The molecule has 0 heterocycles. The van der Waals surface area contributed by atoms with Gasteiger partial charge in [0.1, 0.15) is 18.2 Å². The molecule has 0 aliphatic heterocycles. The monoisotopic (exact) mass is 441 g/mol. The van der Waals surface area contributed by atoms with E-state index in [0.717, 1.165) is 34.2 Å². The maximum Gasteiger partial charge on any atom is 0.124 e. The lowest BCUT2D eigenvalue weighted by Gasteiger charge is -2.20. The Kier molecular flexibility index (Phi) is 7.63. The second-order valence-electron chi connectivity index (χ2n) is 6.80. The molecule has 3 aromatic carbocycles. The minimum Gasteiger partial charge on any atom is -0.489 e. The Labute approximate surface area is 174 Å². The second kappa shape index (κ2) is 10.4. The van der Waals surface area contributed by atoms with E-state index >= 15 is 0 Å². The fourth-order valence-corrected chi connectivity index (χ4v) is 3.57. The smallest absolute Gasteiger partial charge is 0.124 e. The molecule has 1 atom stereocenters. The summed E-state index contributed by atoms with van der Waals surface area (Å²) in [4.78, 5) is 0. The molecule has 3 rings (SSSR count). The van der Waals surface area contributed by atoms with Crippen LogP contribution in [0.15, 0.2) is 77.3 Å². The van der Waals surface area contributed by atoms with Gasteiger partial charge in [0.05, 0.1) is 0 Å². The Morgan fingerprint density at radius 2 is 1.75 bits per heavy atom. The maximum absolute atomic E-state index is 13.1. The van der Waals surface area contributed by atoms with Crippen LogP contribution in [0.4, 0.5) is 4.39 Å². The normalized spacial score (nSPS) is 12.0. The van der Waals surface area contributed by atoms with Gasteiger partial charge in [-0.25, -0.2) is 4.39 Å². The number of hydrogen-bond donors (Lipinski definition) is 1. The molecule has 146 valence electrons. The van der Waals surface area contributed by atoms with Crippen LogP contribution in [0.5, 0.6) is 5.75 Å². The summed E-state index contributed by atoms with van der Waals surface area (Å²) in [5.74, 6) is 0.600. The first kappa shape index (κ1) is 20.6. The third kappa shape index (κ3) is 5.91. The van der Waals surface area contributed by atoms with E-state index in [1.807, 2.05) is 18.2 Å². The van der Waals surface area contributed by atoms with Crippen LogP contribution in [-0.2, 0) is 13.2 Å². The van der Waals surface area contributed by atoms with Crippen molar-refractivity contribution in [2.75, 3.05) is 0 Å². The van der Waals surface area contributed by atoms with Gasteiger partial charge < -0.3 is 10.1 Å². The standard InChI is InChI=1S/C24H25BrFNO/c1-2-6-23(19-7-4-3-5-8-19)27-16-20-15-21(25)11-14-24(20)28-17-18-9-12-22(26)13-10-18/h3-5,7-15,23,27H,2,6,16-17H2,1H3. The van der Waals surface area contributed by atoms with E-state index in [4.69, 9.17) is 4.74 Å². The Balaban J connectivity index is 1.70. The average Bonchev–Trinajstić information content (AvgIpc) is 2.72. The molecule has 0 aliphatic rings. The summed E-state index contributed by atoms with van der Waals surface area (Å²) in [6.07, 6.45) is 2.18. The summed E-state index contributed by atoms with van der Waals surface area (Å²) in [5.41, 5.74) is 3.33. The van der Waals surface area contributed by atoms with Gasteiger partial charge in [0.15, 0.2) is 0 Å². The van der Waals surface area contributed by atoms with E-state index < -0.39 is 0 Å². The predicted octanol–water partition coefficient (Wildman–Crippen LogP) is 6.80. The van der Waals surface area contributed by atoms with Crippen LogP contribution in [0.3, 0.4) is 0 Å². The fraction of sp³-hybridized carbons (Fsp3) is 0.250. The first-order valence-electron chi connectivity index (χ1n) is 9.59. The molecule has 0 fully saturated rings. The number of nitrogens with one attached hydrogen (secondary N) is 1. The lowest BCUT2D eigenvalue weighted by atomic mass is 10.0. The molecule has 2 nitrogen and oxygen atoms in total. The third-order valence-electron chi connectivity index (χ3n) is 4.65. The molecule has 28 heavy (non-hydrogen) atoms. The summed E-state index contributed by atoms with van der Waals surface area (Å²) < 4.78 is 20.1. The van der Waals surface area contributed by atoms with Crippen LogP contribution in [0, 0.1) is 5.82 Å². The number of hydrogen-bond acceptors (Lipinski definition) is 2. The highest BCUT2D eigenvalue weighted by molar-refractivity contribution is 9.10. The minimum absolute atomic E-state index is 0.236. The van der Waals surface area contributed by atoms with Gasteiger partial charge in [-0.3, -0.25) is 0 Å². The van der Waals surface area contributed by atoms with Crippen LogP contribution in [-0.4, -0.2) is 0 Å². The molecule has 0 saturated heterocycles. The van der Waals surface area contributed by atoms with Crippen LogP contribution in [0.2, 0.25) is 0 Å². The van der Waals surface area contributed by atoms with Gasteiger partial charge in [-0.2, -0.15) is 0 Å². The molecule has 0 aliphatic carbocycles. The zero-order valence-corrected chi connectivity index (χ0v) is 17.6. The van der Waals surface area contributed by atoms with Crippen LogP contribution >= 0.6 is 15.9 Å². The number of benzene rings is 3. The van der Waals surface area contributed by atoms with Crippen molar-refractivity contribution < 1.29 is 9.13 Å². The maximum atomic E-state index is 13.1. The molecule has 1 N–H and O–H groups in total. The van der Waals surface area contributed by atoms with Crippen LogP contribution in [0.25, 0.3) is 0 Å². The number of ether oxygens (including phenoxy) is 1. The van der Waals surface area contributed by atoms with Crippen LogP contribution < -0.4 is 10.1 Å². The van der Waals surface area contributed by atoms with E-state index in [2.05, 4.69) is 58.5 Å². The van der Waals surface area contributed by atoms with Crippen molar-refractivity contribution in [3.63, 3.8) is 0 Å². The highest BCUT2D eigenvalue weighted by atomic mass is 79.9. The Morgan fingerprint density at radius 1 is 1.00 bits per heavy atom. The minimum atomic E-state index is -0.236. The van der Waals surface area contributed by atoms with Gasteiger partial charge in [0, 0.05) is 22.6 Å². The van der Waals surface area contributed by atoms with E-state index in [0.29, 0.717) is 19.2 Å². The van der Waals surface area contributed by atoms with Gasteiger partial charge >= 0.3 is 0 Å². The number of halogens is 2. The first-order valence-corrected chi connectivity index (χ1v) is 10.4. The van der Waals surface area contributed by atoms with Gasteiger partial charge in [-0.15, -0.1) is 0 Å². The Hall–Kier alpha value is -2.17. The zero-order chi connectivity index (χ0) is 19.8. The van der Waals surface area contributed by atoms with Crippen molar-refractivity contribution in [1.29, 1.82) is 0 Å². The molecule has 0 spiro atoms. The lowest BCUT2D eigenvalue weighted by Crippen LogP contribution is -2.21. The number of rotatable bonds is 9. The largest absolute Gasteiger partial charge is 0.489 e. The van der Waals surface area contributed by atoms with Crippen molar-refractivity contribution in [1.82, 2.24) is 5.32 Å². The quantitative estimate of drug-likeness (QED) is 0.394. The highest BCUT2D eigenvalue weighted by Gasteiger charge is 2.12. The molecular formula is C24H25BrFNO. The van der Waals surface area contributed by atoms with E-state index in [1.165, 1.54) is 17.7 Å². The molecule has 3 aromatic rings. The SMILES string of the molecule is CCCC(NCc1cc(Br)ccc1OCc1ccc(F)cc1)c1ccccc1. The molecule has 0 saturated carbocycles. The summed E-state index contributed by atoms with van der Waals surface area (Å²) in [6.45, 7) is 3.32. The van der Waals surface area contributed by atoms with E-state index in [-0.39, 0.29) is 5.82 Å². The highest BCUT2D eigenvalue weighted by Crippen LogP contribution is 2.26. The zero-order valence-electron chi connectivity index (χ0n) is 16.0. The van der Waals surface area contributed by atoms with Gasteiger partial charge in [0.25, 0.3) is 0 Å². The van der Waals surface area contributed by atoms with Gasteiger partial charge in [-0.05, 0) is 47.9 Å². The Morgan fingerprint density at radius 3 is 2.46 bits per heavy atom. The average molecular weight is 442 g/mol. The summed E-state index contributed by atoms with van der Waals surface area (Å²) in [6, 6.07) is 23.3. The van der Waals surface area contributed by atoms with Crippen molar-refractivity contribution in [2.24, 2.45) is 0 Å². The molecular weight excluding hydrogens is 417 g/mol. The van der Waals surface area contributed by atoms with E-state index in [9.17, 15) is 4.39 Å². The molecule has 0 bridgehead atoms. The predicted molar refractivity (Wildman–Crippen MR) is 116 cm³/mol. The van der Waals surface area contributed by atoms with E-state index in [1.54, 1.807) is 12.1 Å². The van der Waals surface area contributed by atoms with Crippen molar-refractivity contribution in [3.8, 4) is 5.75 Å². The molecule has 0 amide bonds. The van der Waals surface area contributed by atoms with Crippen molar-refractivity contribution >= 4 is 15.9 Å². The van der Waals surface area contributed by atoms with Gasteiger partial charge in [0.2, 0.25) is 0 Å². The molecule has 0 radical (unpaired) electrons.